The first-order valence-corrected chi connectivity index (χ1v) is 6.23. The maximum absolute atomic E-state index is 6.07. The monoisotopic (exact) mass is 253 g/mol. The third-order valence-electron chi connectivity index (χ3n) is 2.51. The number of ether oxygens (including phenoxy) is 3. The number of benzene rings is 1. The lowest BCUT2D eigenvalue weighted by Gasteiger charge is -2.16. The van der Waals surface area contributed by atoms with E-state index in [0.29, 0.717) is 19.8 Å². The molecule has 0 saturated carbocycles. The number of nitrogens with two attached hydrogens (primary N) is 1. The lowest BCUT2D eigenvalue weighted by molar-refractivity contribution is 0.0160. The zero-order valence-corrected chi connectivity index (χ0v) is 11.4. The van der Waals surface area contributed by atoms with Gasteiger partial charge in [-0.15, -0.1) is 0 Å². The van der Waals surface area contributed by atoms with Crippen molar-refractivity contribution in [1.29, 1.82) is 0 Å². The van der Waals surface area contributed by atoms with Gasteiger partial charge in [0.2, 0.25) is 0 Å². The Balaban J connectivity index is 2.34. The molecule has 0 aliphatic carbocycles. The van der Waals surface area contributed by atoms with Gasteiger partial charge in [-0.3, -0.25) is 0 Å². The predicted octanol–water partition coefficient (Wildman–Crippen LogP) is 2.14. The van der Waals surface area contributed by atoms with E-state index in [1.807, 2.05) is 38.1 Å². The average molecular weight is 253 g/mol. The molecule has 0 amide bonds. The fourth-order valence-electron chi connectivity index (χ4n) is 1.62. The third kappa shape index (κ3) is 5.04. The van der Waals surface area contributed by atoms with Gasteiger partial charge in [-0.05, 0) is 19.9 Å². The summed E-state index contributed by atoms with van der Waals surface area (Å²) in [5.41, 5.74) is 7.03. The average Bonchev–Trinajstić information content (AvgIpc) is 2.37. The normalized spacial score (nSPS) is 12.7. The molecule has 2 N–H and O–H groups in total. The molecule has 0 fully saturated rings. The van der Waals surface area contributed by atoms with Gasteiger partial charge in [0.1, 0.15) is 5.75 Å². The summed E-state index contributed by atoms with van der Waals surface area (Å²) in [7, 11) is 1.64. The van der Waals surface area contributed by atoms with Crippen LogP contribution in [0.1, 0.15) is 25.5 Å². The summed E-state index contributed by atoms with van der Waals surface area (Å²) in [5, 5.41) is 0. The Morgan fingerprint density at radius 2 is 1.89 bits per heavy atom. The van der Waals surface area contributed by atoms with Crippen molar-refractivity contribution in [3.05, 3.63) is 29.8 Å². The van der Waals surface area contributed by atoms with Crippen LogP contribution >= 0.6 is 0 Å². The summed E-state index contributed by atoms with van der Waals surface area (Å²) in [6, 6.07) is 7.54. The van der Waals surface area contributed by atoms with Crippen LogP contribution in [0.3, 0.4) is 0 Å². The lowest BCUT2D eigenvalue weighted by Crippen LogP contribution is -2.20. The van der Waals surface area contributed by atoms with Crippen molar-refractivity contribution >= 4 is 0 Å². The van der Waals surface area contributed by atoms with Gasteiger partial charge in [0, 0.05) is 5.56 Å². The minimum absolute atomic E-state index is 0.180. The molecule has 0 spiro atoms. The van der Waals surface area contributed by atoms with Crippen molar-refractivity contribution in [1.82, 2.24) is 0 Å². The molecule has 4 nitrogen and oxygen atoms in total. The number of hydrogen-bond acceptors (Lipinski definition) is 4. The highest BCUT2D eigenvalue weighted by atomic mass is 16.5. The van der Waals surface area contributed by atoms with Crippen LogP contribution in [0.4, 0.5) is 0 Å². The van der Waals surface area contributed by atoms with Crippen LogP contribution in [0.5, 0.6) is 5.75 Å². The molecular weight excluding hydrogens is 230 g/mol. The van der Waals surface area contributed by atoms with Crippen LogP contribution in [0.2, 0.25) is 0 Å². The summed E-state index contributed by atoms with van der Waals surface area (Å²) in [5.74, 6) is 0.798. The van der Waals surface area contributed by atoms with E-state index in [2.05, 4.69) is 0 Å². The Hall–Kier alpha value is -1.10. The van der Waals surface area contributed by atoms with Crippen molar-refractivity contribution in [2.75, 3.05) is 26.9 Å². The molecule has 0 radical (unpaired) electrons. The minimum Gasteiger partial charge on any atom is -0.496 e. The maximum Gasteiger partial charge on any atom is 0.123 e. The fourth-order valence-corrected chi connectivity index (χ4v) is 1.62. The number of rotatable bonds is 8. The Labute approximate surface area is 109 Å². The van der Waals surface area contributed by atoms with Gasteiger partial charge in [0.25, 0.3) is 0 Å². The SMILES string of the molecule is COc1ccccc1C(N)COCCOC(C)C. The molecule has 1 unspecified atom stereocenters. The highest BCUT2D eigenvalue weighted by molar-refractivity contribution is 5.35. The zero-order valence-electron chi connectivity index (χ0n) is 11.4. The second-order valence-corrected chi connectivity index (χ2v) is 4.34. The van der Waals surface area contributed by atoms with E-state index in [0.717, 1.165) is 11.3 Å². The van der Waals surface area contributed by atoms with Crippen LogP contribution in [0.25, 0.3) is 0 Å². The van der Waals surface area contributed by atoms with E-state index in [1.165, 1.54) is 0 Å². The molecule has 1 atom stereocenters. The van der Waals surface area contributed by atoms with E-state index >= 15 is 0 Å². The lowest BCUT2D eigenvalue weighted by atomic mass is 10.1. The fraction of sp³-hybridized carbons (Fsp3) is 0.571. The highest BCUT2D eigenvalue weighted by Crippen LogP contribution is 2.23. The van der Waals surface area contributed by atoms with E-state index in [4.69, 9.17) is 19.9 Å². The quantitative estimate of drug-likeness (QED) is 0.721. The Bertz CT molecular complexity index is 342. The van der Waals surface area contributed by atoms with Crippen LogP contribution in [0.15, 0.2) is 24.3 Å². The zero-order chi connectivity index (χ0) is 13.4. The summed E-state index contributed by atoms with van der Waals surface area (Å²) < 4.78 is 16.1. The van der Waals surface area contributed by atoms with Gasteiger partial charge < -0.3 is 19.9 Å². The molecule has 102 valence electrons. The van der Waals surface area contributed by atoms with Crippen molar-refractivity contribution in [3.8, 4) is 5.75 Å². The standard InChI is InChI=1S/C14H23NO3/c1-11(2)18-9-8-17-10-13(15)12-6-4-5-7-14(12)16-3/h4-7,11,13H,8-10,15H2,1-3H3. The molecule has 1 rings (SSSR count). The van der Waals surface area contributed by atoms with Crippen LogP contribution in [-0.2, 0) is 9.47 Å². The van der Waals surface area contributed by atoms with Gasteiger partial charge in [-0.2, -0.15) is 0 Å². The van der Waals surface area contributed by atoms with Gasteiger partial charge in [-0.1, -0.05) is 18.2 Å². The molecule has 0 bridgehead atoms. The van der Waals surface area contributed by atoms with Crippen LogP contribution in [0, 0.1) is 0 Å². The van der Waals surface area contributed by atoms with Crippen molar-refractivity contribution in [2.45, 2.75) is 26.0 Å². The first-order valence-electron chi connectivity index (χ1n) is 6.23. The van der Waals surface area contributed by atoms with Gasteiger partial charge in [0.15, 0.2) is 0 Å². The van der Waals surface area contributed by atoms with Crippen molar-refractivity contribution in [2.24, 2.45) is 5.73 Å². The molecule has 4 heteroatoms. The van der Waals surface area contributed by atoms with E-state index in [-0.39, 0.29) is 12.1 Å². The summed E-state index contributed by atoms with van der Waals surface area (Å²) in [4.78, 5) is 0. The Morgan fingerprint density at radius 1 is 1.17 bits per heavy atom. The number of para-hydroxylation sites is 1. The first-order chi connectivity index (χ1) is 8.65. The van der Waals surface area contributed by atoms with Crippen LogP contribution < -0.4 is 10.5 Å². The van der Waals surface area contributed by atoms with Gasteiger partial charge >= 0.3 is 0 Å². The number of methoxy groups -OCH3 is 1. The van der Waals surface area contributed by atoms with Gasteiger partial charge in [-0.25, -0.2) is 0 Å². The molecule has 0 aliphatic heterocycles. The third-order valence-corrected chi connectivity index (χ3v) is 2.51. The molecule has 0 aromatic heterocycles. The second-order valence-electron chi connectivity index (χ2n) is 4.34. The van der Waals surface area contributed by atoms with Crippen LogP contribution in [-0.4, -0.2) is 33.0 Å². The van der Waals surface area contributed by atoms with Crippen molar-refractivity contribution < 1.29 is 14.2 Å². The predicted molar refractivity (Wildman–Crippen MR) is 71.8 cm³/mol. The Kier molecular flexibility index (Phi) is 6.72. The minimum atomic E-state index is -0.180. The molecule has 1 aromatic carbocycles. The smallest absolute Gasteiger partial charge is 0.123 e. The van der Waals surface area contributed by atoms with E-state index in [1.54, 1.807) is 7.11 Å². The summed E-state index contributed by atoms with van der Waals surface area (Å²) in [6.45, 7) is 5.61. The van der Waals surface area contributed by atoms with E-state index < -0.39 is 0 Å². The molecule has 0 aliphatic rings. The van der Waals surface area contributed by atoms with Crippen molar-refractivity contribution in [3.63, 3.8) is 0 Å². The maximum atomic E-state index is 6.07. The molecule has 1 aromatic rings. The largest absolute Gasteiger partial charge is 0.496 e. The van der Waals surface area contributed by atoms with E-state index in [9.17, 15) is 0 Å². The number of hydrogen-bond donors (Lipinski definition) is 1. The summed E-state index contributed by atoms with van der Waals surface area (Å²) in [6.07, 6.45) is 0.233. The molecule has 18 heavy (non-hydrogen) atoms. The summed E-state index contributed by atoms with van der Waals surface area (Å²) >= 11 is 0. The first kappa shape index (κ1) is 15.0. The molecule has 0 saturated heterocycles. The second kappa shape index (κ2) is 8.08. The molecular formula is C14H23NO3. The Morgan fingerprint density at radius 3 is 2.56 bits per heavy atom. The topological polar surface area (TPSA) is 53.7 Å². The highest BCUT2D eigenvalue weighted by Gasteiger charge is 2.11. The molecule has 0 heterocycles. The van der Waals surface area contributed by atoms with Gasteiger partial charge in [0.05, 0.1) is 39.1 Å².